The molecule has 1 heterocycles. The minimum Gasteiger partial charge on any atom is -0.393 e. The second kappa shape index (κ2) is 5.64. The maximum Gasteiger partial charge on any atom is 0.0583 e. The van der Waals surface area contributed by atoms with Crippen molar-refractivity contribution in [3.63, 3.8) is 0 Å². The summed E-state index contributed by atoms with van der Waals surface area (Å²) in [6, 6.07) is 11.9. The van der Waals surface area contributed by atoms with Gasteiger partial charge in [0.25, 0.3) is 0 Å². The molecule has 2 nitrogen and oxygen atoms in total. The Kier molecular flexibility index (Phi) is 3.90. The van der Waals surface area contributed by atoms with Crippen LogP contribution in [0.1, 0.15) is 50.6 Å². The van der Waals surface area contributed by atoms with Crippen LogP contribution in [0.2, 0.25) is 0 Å². The molecule has 0 aromatic heterocycles. The number of hydrogen-bond acceptors (Lipinski definition) is 2. The lowest BCUT2D eigenvalue weighted by atomic mass is 9.92. The molecule has 1 aliphatic heterocycles. The molecule has 1 aromatic carbocycles. The molecule has 1 N–H and O–H groups in total. The van der Waals surface area contributed by atoms with E-state index in [1.807, 2.05) is 0 Å². The molecule has 4 unspecified atom stereocenters. The Bertz CT molecular complexity index is 405. The minimum atomic E-state index is -0.0615. The van der Waals surface area contributed by atoms with Gasteiger partial charge < -0.3 is 5.11 Å². The lowest BCUT2D eigenvalue weighted by molar-refractivity contribution is 0.0594. The van der Waals surface area contributed by atoms with E-state index >= 15 is 0 Å². The Morgan fingerprint density at radius 1 is 1.11 bits per heavy atom. The van der Waals surface area contributed by atoms with E-state index in [2.05, 4.69) is 42.2 Å². The van der Waals surface area contributed by atoms with E-state index in [9.17, 15) is 5.11 Å². The summed E-state index contributed by atoms with van der Waals surface area (Å²) in [5.74, 6) is 0.508. The summed E-state index contributed by atoms with van der Waals surface area (Å²) in [5.41, 5.74) is 1.40. The van der Waals surface area contributed by atoms with E-state index in [0.29, 0.717) is 18.0 Å². The predicted molar refractivity (Wildman–Crippen MR) is 77.9 cm³/mol. The van der Waals surface area contributed by atoms with Gasteiger partial charge >= 0.3 is 0 Å². The average molecular weight is 259 g/mol. The van der Waals surface area contributed by atoms with E-state index in [4.69, 9.17) is 0 Å². The summed E-state index contributed by atoms with van der Waals surface area (Å²) in [5, 5.41) is 10.2. The SMILES string of the molecule is CC(c1ccccc1)N1CCCC1C1CCCC1O. The first-order valence-corrected chi connectivity index (χ1v) is 7.76. The normalized spacial score (nSPS) is 33.7. The third-order valence-electron chi connectivity index (χ3n) is 5.15. The molecule has 3 rings (SSSR count). The molecule has 0 amide bonds. The van der Waals surface area contributed by atoms with Gasteiger partial charge in [-0.15, -0.1) is 0 Å². The number of benzene rings is 1. The van der Waals surface area contributed by atoms with Gasteiger partial charge in [0.1, 0.15) is 0 Å². The smallest absolute Gasteiger partial charge is 0.0583 e. The Hall–Kier alpha value is -0.860. The molecule has 0 spiro atoms. The summed E-state index contributed by atoms with van der Waals surface area (Å²) in [7, 11) is 0. The zero-order chi connectivity index (χ0) is 13.2. The molecule has 1 aliphatic carbocycles. The Labute approximate surface area is 116 Å². The van der Waals surface area contributed by atoms with Crippen LogP contribution in [0, 0.1) is 5.92 Å². The van der Waals surface area contributed by atoms with Crippen LogP contribution in [0.25, 0.3) is 0 Å². The van der Waals surface area contributed by atoms with E-state index in [0.717, 1.165) is 6.42 Å². The standard InChI is InChI=1S/C17H25NO/c1-13(14-7-3-2-4-8-14)18-12-6-10-16(18)15-9-5-11-17(15)19/h2-4,7-8,13,15-17,19H,5-6,9-12H2,1H3. The minimum absolute atomic E-state index is 0.0615. The first-order chi connectivity index (χ1) is 9.27. The highest BCUT2D eigenvalue weighted by Gasteiger charge is 2.39. The molecule has 0 radical (unpaired) electrons. The van der Waals surface area contributed by atoms with E-state index in [1.54, 1.807) is 0 Å². The number of hydrogen-bond donors (Lipinski definition) is 1. The molecular formula is C17H25NO. The Morgan fingerprint density at radius 3 is 2.58 bits per heavy atom. The molecule has 19 heavy (non-hydrogen) atoms. The summed E-state index contributed by atoms with van der Waals surface area (Å²) in [4.78, 5) is 2.63. The second-order valence-electron chi connectivity index (χ2n) is 6.20. The van der Waals surface area contributed by atoms with Crippen molar-refractivity contribution in [2.24, 2.45) is 5.92 Å². The van der Waals surface area contributed by atoms with Gasteiger partial charge in [0.05, 0.1) is 6.10 Å². The van der Waals surface area contributed by atoms with Gasteiger partial charge in [-0.05, 0) is 44.7 Å². The van der Waals surface area contributed by atoms with Crippen molar-refractivity contribution in [1.82, 2.24) is 4.90 Å². The van der Waals surface area contributed by atoms with Crippen LogP contribution in [0.3, 0.4) is 0 Å². The Morgan fingerprint density at radius 2 is 1.89 bits per heavy atom. The fourth-order valence-corrected chi connectivity index (χ4v) is 4.10. The highest BCUT2D eigenvalue weighted by Crippen LogP contribution is 2.39. The first-order valence-electron chi connectivity index (χ1n) is 7.76. The lowest BCUT2D eigenvalue weighted by Crippen LogP contribution is -2.40. The molecule has 2 aliphatic rings. The molecular weight excluding hydrogens is 234 g/mol. The van der Waals surface area contributed by atoms with Gasteiger partial charge in [0.15, 0.2) is 0 Å². The summed E-state index contributed by atoms with van der Waals surface area (Å²) in [6.45, 7) is 3.50. The number of nitrogens with zero attached hydrogens (tertiary/aromatic N) is 1. The maximum atomic E-state index is 10.2. The third-order valence-corrected chi connectivity index (χ3v) is 5.15. The quantitative estimate of drug-likeness (QED) is 0.899. The zero-order valence-corrected chi connectivity index (χ0v) is 11.8. The van der Waals surface area contributed by atoms with Crippen LogP contribution in [-0.2, 0) is 0 Å². The summed E-state index contributed by atoms with van der Waals surface area (Å²) >= 11 is 0. The van der Waals surface area contributed by atoms with Crippen LogP contribution in [0.4, 0.5) is 0 Å². The monoisotopic (exact) mass is 259 g/mol. The number of aliphatic hydroxyl groups excluding tert-OH is 1. The van der Waals surface area contributed by atoms with Gasteiger partial charge in [0.2, 0.25) is 0 Å². The van der Waals surface area contributed by atoms with Crippen LogP contribution in [0.5, 0.6) is 0 Å². The van der Waals surface area contributed by atoms with E-state index < -0.39 is 0 Å². The summed E-state index contributed by atoms with van der Waals surface area (Å²) < 4.78 is 0. The zero-order valence-electron chi connectivity index (χ0n) is 11.8. The molecule has 4 atom stereocenters. The van der Waals surface area contributed by atoms with Gasteiger partial charge in [-0.2, -0.15) is 0 Å². The van der Waals surface area contributed by atoms with Gasteiger partial charge in [-0.1, -0.05) is 36.8 Å². The summed E-state index contributed by atoms with van der Waals surface area (Å²) in [6.07, 6.45) is 5.91. The molecule has 0 bridgehead atoms. The molecule has 1 saturated heterocycles. The largest absolute Gasteiger partial charge is 0.393 e. The highest BCUT2D eigenvalue weighted by molar-refractivity contribution is 5.19. The van der Waals surface area contributed by atoms with Crippen LogP contribution in [-0.4, -0.2) is 28.7 Å². The molecule has 104 valence electrons. The van der Waals surface area contributed by atoms with Crippen LogP contribution >= 0.6 is 0 Å². The number of likely N-dealkylation sites (tertiary alicyclic amines) is 1. The topological polar surface area (TPSA) is 23.5 Å². The first kappa shape index (κ1) is 13.1. The van der Waals surface area contributed by atoms with Crippen molar-refractivity contribution in [3.05, 3.63) is 35.9 Å². The molecule has 1 aromatic rings. The van der Waals surface area contributed by atoms with Crippen molar-refractivity contribution >= 4 is 0 Å². The molecule has 2 fully saturated rings. The Balaban J connectivity index is 1.76. The van der Waals surface area contributed by atoms with E-state index in [-0.39, 0.29) is 6.10 Å². The van der Waals surface area contributed by atoms with Crippen LogP contribution < -0.4 is 0 Å². The van der Waals surface area contributed by atoms with E-state index in [1.165, 1.54) is 37.8 Å². The highest BCUT2D eigenvalue weighted by atomic mass is 16.3. The van der Waals surface area contributed by atoms with Crippen molar-refractivity contribution in [1.29, 1.82) is 0 Å². The number of rotatable bonds is 3. The second-order valence-corrected chi connectivity index (χ2v) is 6.20. The predicted octanol–water partition coefficient (Wildman–Crippen LogP) is 3.37. The average Bonchev–Trinajstić information content (AvgIpc) is 3.07. The van der Waals surface area contributed by atoms with Crippen molar-refractivity contribution in [2.75, 3.05) is 6.54 Å². The molecule has 1 saturated carbocycles. The van der Waals surface area contributed by atoms with Crippen molar-refractivity contribution < 1.29 is 5.11 Å². The van der Waals surface area contributed by atoms with Crippen molar-refractivity contribution in [3.8, 4) is 0 Å². The number of aliphatic hydroxyl groups is 1. The van der Waals surface area contributed by atoms with Gasteiger partial charge in [0, 0.05) is 18.0 Å². The molecule has 2 heteroatoms. The fourth-order valence-electron chi connectivity index (χ4n) is 4.10. The third kappa shape index (κ3) is 2.56. The van der Waals surface area contributed by atoms with Gasteiger partial charge in [-0.3, -0.25) is 4.90 Å². The fraction of sp³-hybridized carbons (Fsp3) is 0.647. The van der Waals surface area contributed by atoms with Crippen molar-refractivity contribution in [2.45, 2.75) is 57.2 Å². The lowest BCUT2D eigenvalue weighted by Gasteiger charge is -2.35. The van der Waals surface area contributed by atoms with Crippen LogP contribution in [0.15, 0.2) is 30.3 Å². The maximum absolute atomic E-state index is 10.2. The van der Waals surface area contributed by atoms with Gasteiger partial charge in [-0.25, -0.2) is 0 Å².